The van der Waals surface area contributed by atoms with Gasteiger partial charge in [0, 0.05) is 16.7 Å². The molecule has 16 heavy (non-hydrogen) atoms. The van der Waals surface area contributed by atoms with E-state index in [4.69, 9.17) is 5.73 Å². The predicted octanol–water partition coefficient (Wildman–Crippen LogP) is 3.38. The van der Waals surface area contributed by atoms with Gasteiger partial charge in [0.1, 0.15) is 0 Å². The van der Waals surface area contributed by atoms with Crippen molar-refractivity contribution in [1.82, 2.24) is 0 Å². The summed E-state index contributed by atoms with van der Waals surface area (Å²) in [5.74, 6) is 0.650. The maximum Gasteiger partial charge on any atom is 0.0521 e. The highest BCUT2D eigenvalue weighted by Gasteiger charge is 2.38. The van der Waals surface area contributed by atoms with Gasteiger partial charge in [-0.05, 0) is 37.0 Å². The molecule has 0 radical (unpaired) electrons. The SMILES string of the molecule is CC1CCCC1(CN)Nc1cccc(Br)c1. The van der Waals surface area contributed by atoms with Crippen LogP contribution in [0.3, 0.4) is 0 Å². The summed E-state index contributed by atoms with van der Waals surface area (Å²) in [6, 6.07) is 8.31. The number of anilines is 1. The molecule has 1 aromatic rings. The van der Waals surface area contributed by atoms with Gasteiger partial charge in [-0.15, -0.1) is 0 Å². The summed E-state index contributed by atoms with van der Waals surface area (Å²) in [6.45, 7) is 3.01. The standard InChI is InChI=1S/C13H19BrN2/c1-10-4-3-7-13(10,9-15)16-12-6-2-5-11(14)8-12/h2,5-6,8,10,16H,3-4,7,9,15H2,1H3. The molecule has 0 amide bonds. The average molecular weight is 283 g/mol. The minimum absolute atomic E-state index is 0.0980. The van der Waals surface area contributed by atoms with Gasteiger partial charge in [0.05, 0.1) is 5.54 Å². The largest absolute Gasteiger partial charge is 0.378 e. The molecule has 1 aliphatic carbocycles. The summed E-state index contributed by atoms with van der Waals surface area (Å²) in [4.78, 5) is 0. The number of benzene rings is 1. The van der Waals surface area contributed by atoms with E-state index in [0.29, 0.717) is 12.5 Å². The molecule has 2 rings (SSSR count). The lowest BCUT2D eigenvalue weighted by molar-refractivity contribution is 0.382. The Bertz CT molecular complexity index is 367. The number of nitrogens with one attached hydrogen (secondary N) is 1. The van der Waals surface area contributed by atoms with Crippen molar-refractivity contribution in [3.05, 3.63) is 28.7 Å². The van der Waals surface area contributed by atoms with Gasteiger partial charge in [-0.3, -0.25) is 0 Å². The van der Waals surface area contributed by atoms with Crippen LogP contribution in [-0.4, -0.2) is 12.1 Å². The van der Waals surface area contributed by atoms with Crippen LogP contribution in [0.2, 0.25) is 0 Å². The zero-order valence-corrected chi connectivity index (χ0v) is 11.3. The Morgan fingerprint density at radius 1 is 1.56 bits per heavy atom. The molecular weight excluding hydrogens is 264 g/mol. The maximum atomic E-state index is 5.97. The van der Waals surface area contributed by atoms with Gasteiger partial charge in [-0.25, -0.2) is 0 Å². The van der Waals surface area contributed by atoms with E-state index in [1.54, 1.807) is 0 Å². The van der Waals surface area contributed by atoms with Crippen LogP contribution in [-0.2, 0) is 0 Å². The van der Waals surface area contributed by atoms with Crippen LogP contribution in [0, 0.1) is 5.92 Å². The van der Waals surface area contributed by atoms with Crippen molar-refractivity contribution < 1.29 is 0 Å². The molecule has 1 saturated carbocycles. The molecule has 2 nitrogen and oxygen atoms in total. The first kappa shape index (κ1) is 11.9. The molecule has 0 saturated heterocycles. The van der Waals surface area contributed by atoms with Crippen LogP contribution >= 0.6 is 15.9 Å². The first-order chi connectivity index (χ1) is 7.66. The summed E-state index contributed by atoms with van der Waals surface area (Å²) < 4.78 is 1.11. The Morgan fingerprint density at radius 3 is 2.94 bits per heavy atom. The van der Waals surface area contributed by atoms with Crippen molar-refractivity contribution >= 4 is 21.6 Å². The fourth-order valence-electron chi connectivity index (χ4n) is 2.64. The van der Waals surface area contributed by atoms with Gasteiger partial charge in [0.25, 0.3) is 0 Å². The number of nitrogens with two attached hydrogens (primary N) is 1. The molecule has 1 aromatic carbocycles. The molecule has 3 N–H and O–H groups in total. The van der Waals surface area contributed by atoms with Crippen molar-refractivity contribution in [2.45, 2.75) is 31.7 Å². The average Bonchev–Trinajstić information content (AvgIpc) is 2.61. The molecular formula is C13H19BrN2. The van der Waals surface area contributed by atoms with Crippen molar-refractivity contribution in [3.63, 3.8) is 0 Å². The van der Waals surface area contributed by atoms with E-state index in [9.17, 15) is 0 Å². The molecule has 2 unspecified atom stereocenters. The van der Waals surface area contributed by atoms with Gasteiger partial charge < -0.3 is 11.1 Å². The van der Waals surface area contributed by atoms with E-state index >= 15 is 0 Å². The zero-order valence-electron chi connectivity index (χ0n) is 9.67. The fraction of sp³-hybridized carbons (Fsp3) is 0.538. The van der Waals surface area contributed by atoms with Gasteiger partial charge in [-0.2, -0.15) is 0 Å². The Kier molecular flexibility index (Phi) is 3.55. The highest BCUT2D eigenvalue weighted by atomic mass is 79.9. The second kappa shape index (κ2) is 4.76. The highest BCUT2D eigenvalue weighted by Crippen LogP contribution is 2.37. The summed E-state index contributed by atoms with van der Waals surface area (Å²) in [7, 11) is 0. The Hall–Kier alpha value is -0.540. The molecule has 0 bridgehead atoms. The lowest BCUT2D eigenvalue weighted by Gasteiger charge is -2.35. The quantitative estimate of drug-likeness (QED) is 0.892. The third-order valence-electron chi connectivity index (χ3n) is 3.79. The van der Waals surface area contributed by atoms with E-state index in [0.717, 1.165) is 10.2 Å². The molecule has 0 heterocycles. The van der Waals surface area contributed by atoms with E-state index in [2.05, 4.69) is 46.4 Å². The van der Waals surface area contributed by atoms with Gasteiger partial charge in [0.15, 0.2) is 0 Å². The summed E-state index contributed by atoms with van der Waals surface area (Å²) in [6.07, 6.45) is 3.73. The highest BCUT2D eigenvalue weighted by molar-refractivity contribution is 9.10. The van der Waals surface area contributed by atoms with Crippen LogP contribution in [0.5, 0.6) is 0 Å². The van der Waals surface area contributed by atoms with Crippen LogP contribution < -0.4 is 11.1 Å². The minimum atomic E-state index is 0.0980. The van der Waals surface area contributed by atoms with E-state index in [-0.39, 0.29) is 5.54 Å². The molecule has 2 atom stereocenters. The van der Waals surface area contributed by atoms with Crippen molar-refractivity contribution in [3.8, 4) is 0 Å². The Balaban J connectivity index is 2.18. The van der Waals surface area contributed by atoms with Gasteiger partial charge in [-0.1, -0.05) is 35.3 Å². The smallest absolute Gasteiger partial charge is 0.0521 e. The van der Waals surface area contributed by atoms with E-state index < -0.39 is 0 Å². The molecule has 0 aliphatic heterocycles. The minimum Gasteiger partial charge on any atom is -0.378 e. The molecule has 88 valence electrons. The summed E-state index contributed by atoms with van der Waals surface area (Å²) in [5, 5.41) is 3.64. The number of hydrogen-bond donors (Lipinski definition) is 2. The first-order valence-corrected chi connectivity index (χ1v) is 6.69. The lowest BCUT2D eigenvalue weighted by Crippen LogP contribution is -2.47. The molecule has 0 spiro atoms. The first-order valence-electron chi connectivity index (χ1n) is 5.90. The van der Waals surface area contributed by atoms with Crippen molar-refractivity contribution in [1.29, 1.82) is 0 Å². The van der Waals surface area contributed by atoms with Crippen molar-refractivity contribution in [2.24, 2.45) is 11.7 Å². The second-order valence-electron chi connectivity index (χ2n) is 4.79. The maximum absolute atomic E-state index is 5.97. The Labute approximate surface area is 106 Å². The number of rotatable bonds is 3. The van der Waals surface area contributed by atoms with Crippen LogP contribution in [0.4, 0.5) is 5.69 Å². The van der Waals surface area contributed by atoms with E-state index in [1.807, 2.05) is 6.07 Å². The third-order valence-corrected chi connectivity index (χ3v) is 4.28. The van der Waals surface area contributed by atoms with Crippen LogP contribution in [0.25, 0.3) is 0 Å². The topological polar surface area (TPSA) is 38.0 Å². The van der Waals surface area contributed by atoms with Crippen LogP contribution in [0.1, 0.15) is 26.2 Å². The normalized spacial score (nSPS) is 29.3. The predicted molar refractivity (Wildman–Crippen MR) is 72.6 cm³/mol. The second-order valence-corrected chi connectivity index (χ2v) is 5.70. The molecule has 1 aliphatic rings. The zero-order chi connectivity index (χ0) is 11.6. The molecule has 0 aromatic heterocycles. The van der Waals surface area contributed by atoms with Gasteiger partial charge >= 0.3 is 0 Å². The summed E-state index contributed by atoms with van der Waals surface area (Å²) >= 11 is 3.49. The summed E-state index contributed by atoms with van der Waals surface area (Å²) in [5.41, 5.74) is 7.23. The lowest BCUT2D eigenvalue weighted by atomic mass is 9.88. The number of hydrogen-bond acceptors (Lipinski definition) is 2. The fourth-order valence-corrected chi connectivity index (χ4v) is 3.04. The monoisotopic (exact) mass is 282 g/mol. The van der Waals surface area contributed by atoms with E-state index in [1.165, 1.54) is 19.3 Å². The van der Waals surface area contributed by atoms with Gasteiger partial charge in [0.2, 0.25) is 0 Å². The third kappa shape index (κ3) is 2.25. The van der Waals surface area contributed by atoms with Crippen molar-refractivity contribution in [2.75, 3.05) is 11.9 Å². The molecule has 1 fully saturated rings. The van der Waals surface area contributed by atoms with Crippen LogP contribution in [0.15, 0.2) is 28.7 Å². The Morgan fingerprint density at radius 2 is 2.38 bits per heavy atom. The number of halogens is 1. The molecule has 3 heteroatoms.